The number of nitrogens with zero attached hydrogens (tertiary/aromatic N) is 2. The highest BCUT2D eigenvalue weighted by Gasteiger charge is 2.25. The summed E-state index contributed by atoms with van der Waals surface area (Å²) in [5.41, 5.74) is 1.12. The highest BCUT2D eigenvalue weighted by molar-refractivity contribution is 7.18. The molecule has 0 saturated heterocycles. The van der Waals surface area contributed by atoms with Crippen molar-refractivity contribution in [2.24, 2.45) is 5.92 Å². The molecule has 2 rings (SSSR count). The summed E-state index contributed by atoms with van der Waals surface area (Å²) in [4.78, 5) is 22.8. The van der Waals surface area contributed by atoms with Gasteiger partial charge in [-0.25, -0.2) is 14.8 Å². The maximum Gasteiger partial charge on any atom is 0.326 e. The van der Waals surface area contributed by atoms with E-state index in [4.69, 9.17) is 0 Å². The quantitative estimate of drug-likeness (QED) is 0.847. The number of aromatic nitrogens is 2. The Bertz CT molecular complexity index is 696. The summed E-state index contributed by atoms with van der Waals surface area (Å²) in [5, 5.41) is 13.6. The molecule has 5 nitrogen and oxygen atoms in total. The molecule has 2 N–H and O–H groups in total. The Morgan fingerprint density at radius 3 is 2.55 bits per heavy atom. The Balaban J connectivity index is 2.55. The van der Waals surface area contributed by atoms with E-state index < -0.39 is 12.0 Å². The summed E-state index contributed by atoms with van der Waals surface area (Å²) < 4.78 is 0. The number of fused-ring (bicyclic) bond motifs is 1. The van der Waals surface area contributed by atoms with Crippen LogP contribution in [0.25, 0.3) is 10.2 Å². The molecule has 120 valence electrons. The zero-order valence-corrected chi connectivity index (χ0v) is 14.5. The van der Waals surface area contributed by atoms with Gasteiger partial charge < -0.3 is 10.4 Å². The third-order valence-corrected chi connectivity index (χ3v) is 5.26. The monoisotopic (exact) mass is 321 g/mol. The van der Waals surface area contributed by atoms with E-state index >= 15 is 0 Å². The first-order valence-corrected chi connectivity index (χ1v) is 8.46. The third-order valence-electron chi connectivity index (χ3n) is 4.16. The number of rotatable bonds is 6. The van der Waals surface area contributed by atoms with Gasteiger partial charge >= 0.3 is 5.97 Å². The summed E-state index contributed by atoms with van der Waals surface area (Å²) >= 11 is 1.63. The Morgan fingerprint density at radius 1 is 1.32 bits per heavy atom. The maximum atomic E-state index is 11.6. The minimum absolute atomic E-state index is 0.0210. The minimum atomic E-state index is -0.844. The van der Waals surface area contributed by atoms with Gasteiger partial charge in [-0.05, 0) is 25.3 Å². The topological polar surface area (TPSA) is 75.1 Å². The zero-order chi connectivity index (χ0) is 16.4. The lowest BCUT2D eigenvalue weighted by molar-refractivity contribution is -0.139. The maximum absolute atomic E-state index is 11.6. The molecule has 2 aromatic rings. The van der Waals surface area contributed by atoms with Gasteiger partial charge in [0.1, 0.15) is 22.5 Å². The van der Waals surface area contributed by atoms with Crippen molar-refractivity contribution in [3.63, 3.8) is 0 Å². The second-order valence-corrected chi connectivity index (χ2v) is 6.85. The van der Waals surface area contributed by atoms with E-state index in [1.165, 1.54) is 4.88 Å². The fourth-order valence-corrected chi connectivity index (χ4v) is 3.43. The molecule has 2 atom stereocenters. The lowest BCUT2D eigenvalue weighted by Crippen LogP contribution is -2.35. The number of carboxylic acid groups (broad SMARTS) is 1. The van der Waals surface area contributed by atoms with Gasteiger partial charge in [0.2, 0.25) is 0 Å². The van der Waals surface area contributed by atoms with Gasteiger partial charge in [0, 0.05) is 11.3 Å². The fraction of sp³-hybridized carbons (Fsp3) is 0.562. The van der Waals surface area contributed by atoms with Crippen molar-refractivity contribution >= 4 is 33.3 Å². The first-order valence-electron chi connectivity index (χ1n) is 7.64. The molecule has 22 heavy (non-hydrogen) atoms. The molecular weight excluding hydrogens is 298 g/mol. The van der Waals surface area contributed by atoms with Crippen molar-refractivity contribution in [1.29, 1.82) is 0 Å². The molecule has 0 aliphatic rings. The van der Waals surface area contributed by atoms with Crippen LogP contribution in [0.2, 0.25) is 0 Å². The summed E-state index contributed by atoms with van der Waals surface area (Å²) in [6, 6.07) is -0.646. The van der Waals surface area contributed by atoms with E-state index in [-0.39, 0.29) is 5.92 Å². The van der Waals surface area contributed by atoms with Crippen LogP contribution in [0.5, 0.6) is 0 Å². The standard InChI is InChI=1S/C16H23N3O2S/c1-6-8(3)13(16(20)21)19-14-12-9(4)10(5)22-15(12)18-11(7-2)17-14/h8,13H,6-7H2,1-5H3,(H,20,21)(H,17,18,19). The van der Waals surface area contributed by atoms with Crippen LogP contribution in [-0.4, -0.2) is 27.1 Å². The van der Waals surface area contributed by atoms with Gasteiger partial charge in [0.05, 0.1) is 5.39 Å². The molecule has 2 aromatic heterocycles. The normalized spacial score (nSPS) is 14.0. The number of carbonyl (C=O) groups is 1. The minimum Gasteiger partial charge on any atom is -0.480 e. The predicted molar refractivity (Wildman–Crippen MR) is 90.8 cm³/mol. The molecule has 0 radical (unpaired) electrons. The molecule has 2 unspecified atom stereocenters. The first kappa shape index (κ1) is 16.7. The Kier molecular flexibility index (Phi) is 5.01. The highest BCUT2D eigenvalue weighted by Crippen LogP contribution is 2.34. The third kappa shape index (κ3) is 3.06. The average Bonchev–Trinajstić information content (AvgIpc) is 2.78. The predicted octanol–water partition coefficient (Wildman–Crippen LogP) is 3.78. The summed E-state index contributed by atoms with van der Waals surface area (Å²) in [5.74, 6) is 0.567. The number of aryl methyl sites for hydroxylation is 3. The van der Waals surface area contributed by atoms with E-state index in [1.54, 1.807) is 11.3 Å². The smallest absolute Gasteiger partial charge is 0.326 e. The molecular formula is C16H23N3O2S. The van der Waals surface area contributed by atoms with Crippen LogP contribution in [0.4, 0.5) is 5.82 Å². The average molecular weight is 321 g/mol. The molecule has 0 bridgehead atoms. The Hall–Kier alpha value is -1.69. The number of nitrogens with one attached hydrogen (secondary N) is 1. The van der Waals surface area contributed by atoms with Gasteiger partial charge in [0.15, 0.2) is 0 Å². The van der Waals surface area contributed by atoms with Crippen LogP contribution in [0.3, 0.4) is 0 Å². The zero-order valence-electron chi connectivity index (χ0n) is 13.7. The molecule has 0 aromatic carbocycles. The van der Waals surface area contributed by atoms with Crippen molar-refractivity contribution in [2.45, 2.75) is 53.5 Å². The van der Waals surface area contributed by atoms with Gasteiger partial charge in [0.25, 0.3) is 0 Å². The van der Waals surface area contributed by atoms with E-state index in [9.17, 15) is 9.90 Å². The van der Waals surface area contributed by atoms with Gasteiger partial charge in [-0.2, -0.15) is 0 Å². The van der Waals surface area contributed by atoms with Crippen molar-refractivity contribution < 1.29 is 9.90 Å². The van der Waals surface area contributed by atoms with Gasteiger partial charge in [-0.1, -0.05) is 27.2 Å². The van der Waals surface area contributed by atoms with Crippen LogP contribution >= 0.6 is 11.3 Å². The van der Waals surface area contributed by atoms with Gasteiger partial charge in [-0.3, -0.25) is 0 Å². The van der Waals surface area contributed by atoms with Gasteiger partial charge in [-0.15, -0.1) is 11.3 Å². The molecule has 0 amide bonds. The SMILES string of the molecule is CCc1nc(NC(C(=O)O)C(C)CC)c2c(C)c(C)sc2n1. The number of hydrogen-bond donors (Lipinski definition) is 2. The summed E-state index contributed by atoms with van der Waals surface area (Å²) in [6.07, 6.45) is 1.52. The van der Waals surface area contributed by atoms with Crippen molar-refractivity contribution in [3.8, 4) is 0 Å². The van der Waals surface area contributed by atoms with Crippen molar-refractivity contribution in [2.75, 3.05) is 5.32 Å². The lowest BCUT2D eigenvalue weighted by Gasteiger charge is -2.21. The Morgan fingerprint density at radius 2 is 2.00 bits per heavy atom. The van der Waals surface area contributed by atoms with E-state index in [2.05, 4.69) is 22.2 Å². The Labute approximate surface area is 134 Å². The summed E-state index contributed by atoms with van der Waals surface area (Å²) in [6.45, 7) is 10.0. The molecule has 0 saturated carbocycles. The highest BCUT2D eigenvalue weighted by atomic mass is 32.1. The molecule has 0 aliphatic heterocycles. The molecule has 0 spiro atoms. The van der Waals surface area contributed by atoms with E-state index in [1.807, 2.05) is 27.7 Å². The number of hydrogen-bond acceptors (Lipinski definition) is 5. The number of anilines is 1. The molecule has 2 heterocycles. The second-order valence-electron chi connectivity index (χ2n) is 5.65. The van der Waals surface area contributed by atoms with Crippen molar-refractivity contribution in [3.05, 3.63) is 16.3 Å². The first-order chi connectivity index (χ1) is 10.4. The van der Waals surface area contributed by atoms with Crippen LogP contribution in [0, 0.1) is 19.8 Å². The fourth-order valence-electron chi connectivity index (χ4n) is 2.39. The van der Waals surface area contributed by atoms with Crippen LogP contribution in [-0.2, 0) is 11.2 Å². The lowest BCUT2D eigenvalue weighted by atomic mass is 9.99. The summed E-state index contributed by atoms with van der Waals surface area (Å²) in [7, 11) is 0. The second kappa shape index (κ2) is 6.60. The number of thiophene rings is 1. The number of aliphatic carboxylic acids is 1. The van der Waals surface area contributed by atoms with Crippen LogP contribution in [0.1, 0.15) is 43.5 Å². The number of carboxylic acids is 1. The van der Waals surface area contributed by atoms with E-state index in [0.717, 1.165) is 34.4 Å². The molecule has 0 fully saturated rings. The molecule has 6 heteroatoms. The van der Waals surface area contributed by atoms with Crippen LogP contribution < -0.4 is 5.32 Å². The van der Waals surface area contributed by atoms with E-state index in [0.29, 0.717) is 5.82 Å². The van der Waals surface area contributed by atoms with Crippen molar-refractivity contribution in [1.82, 2.24) is 9.97 Å². The van der Waals surface area contributed by atoms with Crippen LogP contribution in [0.15, 0.2) is 0 Å². The largest absolute Gasteiger partial charge is 0.480 e. The molecule has 0 aliphatic carbocycles.